The van der Waals surface area contributed by atoms with Gasteiger partial charge in [0.15, 0.2) is 0 Å². The van der Waals surface area contributed by atoms with Crippen LogP contribution in [0.1, 0.15) is 41.0 Å². The normalized spacial score (nSPS) is 16.6. The lowest BCUT2D eigenvalue weighted by molar-refractivity contribution is -0.132. The van der Waals surface area contributed by atoms with Gasteiger partial charge in [-0.15, -0.1) is 0 Å². The number of carbonyl (C=O) groups excluding carboxylic acids is 2. The standard InChI is InChI=1S/C17H24N2O5/c1-9-7-8-11(15(21)19-17(3,4)5)14(20)18-13(9)12(16(22)23)10(2)24-6/h8H,7H2,1-6H3,(H,18,20)(H,19,21)(H,22,23)/b12-10-. The zero-order chi connectivity index (χ0) is 18.7. The zero-order valence-corrected chi connectivity index (χ0v) is 14.9. The van der Waals surface area contributed by atoms with E-state index in [0.29, 0.717) is 5.57 Å². The Kier molecular flexibility index (Phi) is 5.95. The Bertz CT molecular complexity index is 663. The van der Waals surface area contributed by atoms with Crippen LogP contribution in [0.5, 0.6) is 0 Å². The Balaban J connectivity index is 3.20. The maximum atomic E-state index is 12.4. The Morgan fingerprint density at radius 2 is 1.92 bits per heavy atom. The van der Waals surface area contributed by atoms with Gasteiger partial charge in [-0.1, -0.05) is 6.08 Å². The Labute approximate surface area is 141 Å². The van der Waals surface area contributed by atoms with Gasteiger partial charge in [0, 0.05) is 5.54 Å². The summed E-state index contributed by atoms with van der Waals surface area (Å²) in [6.07, 6.45) is 1.77. The predicted molar refractivity (Wildman–Crippen MR) is 88.8 cm³/mol. The molecule has 1 rings (SSSR count). The molecule has 0 unspecified atom stereocenters. The van der Waals surface area contributed by atoms with E-state index in [9.17, 15) is 19.5 Å². The van der Waals surface area contributed by atoms with Crippen molar-refractivity contribution in [3.63, 3.8) is 0 Å². The summed E-state index contributed by atoms with van der Waals surface area (Å²) in [5.41, 5.74) is 0.111. The number of hydrogen-bond acceptors (Lipinski definition) is 4. The molecule has 1 heterocycles. The molecule has 1 aliphatic rings. The van der Waals surface area contributed by atoms with Crippen LogP contribution >= 0.6 is 0 Å². The topological polar surface area (TPSA) is 105 Å². The first-order chi connectivity index (χ1) is 11.0. The molecule has 3 N–H and O–H groups in total. The fraction of sp³-hybridized carbons (Fsp3) is 0.471. The molecule has 0 fully saturated rings. The zero-order valence-electron chi connectivity index (χ0n) is 14.9. The van der Waals surface area contributed by atoms with Gasteiger partial charge in [0.25, 0.3) is 11.8 Å². The number of rotatable bonds is 4. The van der Waals surface area contributed by atoms with Crippen LogP contribution in [0.3, 0.4) is 0 Å². The minimum atomic E-state index is -1.22. The van der Waals surface area contributed by atoms with Crippen molar-refractivity contribution < 1.29 is 24.2 Å². The third-order valence-corrected chi connectivity index (χ3v) is 3.38. The van der Waals surface area contributed by atoms with E-state index in [-0.39, 0.29) is 29.0 Å². The summed E-state index contributed by atoms with van der Waals surface area (Å²) < 4.78 is 5.01. The van der Waals surface area contributed by atoms with E-state index in [1.807, 2.05) is 20.8 Å². The van der Waals surface area contributed by atoms with Crippen LogP contribution in [0.2, 0.25) is 0 Å². The van der Waals surface area contributed by atoms with Crippen molar-refractivity contribution in [3.05, 3.63) is 34.3 Å². The van der Waals surface area contributed by atoms with E-state index in [0.717, 1.165) is 0 Å². The number of hydrogen-bond donors (Lipinski definition) is 3. The van der Waals surface area contributed by atoms with Crippen LogP contribution in [-0.2, 0) is 19.1 Å². The van der Waals surface area contributed by atoms with E-state index >= 15 is 0 Å². The lowest BCUT2D eigenvalue weighted by atomic mass is 10.0. The van der Waals surface area contributed by atoms with Gasteiger partial charge < -0.3 is 20.5 Å². The first-order valence-corrected chi connectivity index (χ1v) is 7.50. The minimum Gasteiger partial charge on any atom is -0.500 e. The summed E-state index contributed by atoms with van der Waals surface area (Å²) in [6.45, 7) is 8.62. The van der Waals surface area contributed by atoms with Crippen molar-refractivity contribution in [2.75, 3.05) is 7.11 Å². The highest BCUT2D eigenvalue weighted by Crippen LogP contribution is 2.23. The van der Waals surface area contributed by atoms with Gasteiger partial charge in [0.05, 0.1) is 12.8 Å². The highest BCUT2D eigenvalue weighted by atomic mass is 16.5. The number of carbonyl (C=O) groups is 3. The number of nitrogens with one attached hydrogen (secondary N) is 2. The van der Waals surface area contributed by atoms with Gasteiger partial charge in [-0.3, -0.25) is 9.59 Å². The van der Waals surface area contributed by atoms with Crippen molar-refractivity contribution >= 4 is 17.8 Å². The molecule has 0 radical (unpaired) electrons. The lowest BCUT2D eigenvalue weighted by Gasteiger charge is -2.21. The molecule has 0 saturated heterocycles. The van der Waals surface area contributed by atoms with Crippen molar-refractivity contribution in [2.45, 2.75) is 46.6 Å². The van der Waals surface area contributed by atoms with Crippen LogP contribution in [0.15, 0.2) is 34.3 Å². The van der Waals surface area contributed by atoms with E-state index < -0.39 is 23.3 Å². The number of ether oxygens (including phenoxy) is 1. The molecule has 1 aliphatic heterocycles. The molecule has 24 heavy (non-hydrogen) atoms. The average molecular weight is 336 g/mol. The van der Waals surface area contributed by atoms with Crippen molar-refractivity contribution in [1.82, 2.24) is 10.6 Å². The van der Waals surface area contributed by atoms with Crippen LogP contribution in [0.25, 0.3) is 0 Å². The van der Waals surface area contributed by atoms with Gasteiger partial charge in [0.1, 0.15) is 16.9 Å². The van der Waals surface area contributed by atoms with E-state index in [2.05, 4.69) is 10.6 Å². The number of methoxy groups -OCH3 is 1. The second-order valence-corrected chi connectivity index (χ2v) is 6.58. The molecule has 0 atom stereocenters. The molecular weight excluding hydrogens is 312 g/mol. The molecule has 132 valence electrons. The minimum absolute atomic E-state index is 0.0425. The summed E-state index contributed by atoms with van der Waals surface area (Å²) in [6, 6.07) is 0. The maximum absolute atomic E-state index is 12.4. The molecule has 2 amide bonds. The van der Waals surface area contributed by atoms with Crippen LogP contribution in [0.4, 0.5) is 0 Å². The fourth-order valence-electron chi connectivity index (χ4n) is 2.15. The van der Waals surface area contributed by atoms with Crippen molar-refractivity contribution in [2.24, 2.45) is 0 Å². The smallest absolute Gasteiger partial charge is 0.341 e. The number of aliphatic carboxylic acids is 1. The molecule has 0 aromatic carbocycles. The molecule has 0 aromatic heterocycles. The van der Waals surface area contributed by atoms with Gasteiger partial charge in [-0.25, -0.2) is 4.79 Å². The van der Waals surface area contributed by atoms with E-state index in [4.69, 9.17) is 4.74 Å². The van der Waals surface area contributed by atoms with Crippen molar-refractivity contribution in [1.29, 1.82) is 0 Å². The summed E-state index contributed by atoms with van der Waals surface area (Å²) >= 11 is 0. The van der Waals surface area contributed by atoms with Gasteiger partial charge in [-0.2, -0.15) is 0 Å². The van der Waals surface area contributed by atoms with Crippen LogP contribution in [0, 0.1) is 0 Å². The van der Waals surface area contributed by atoms with Crippen molar-refractivity contribution in [3.8, 4) is 0 Å². The van der Waals surface area contributed by atoms with Gasteiger partial charge in [-0.05, 0) is 46.6 Å². The summed E-state index contributed by atoms with van der Waals surface area (Å²) in [7, 11) is 1.35. The first kappa shape index (κ1) is 19.5. The largest absolute Gasteiger partial charge is 0.500 e. The number of carboxylic acid groups (broad SMARTS) is 1. The molecule has 7 nitrogen and oxygen atoms in total. The molecule has 7 heteroatoms. The highest BCUT2D eigenvalue weighted by molar-refractivity contribution is 6.19. The highest BCUT2D eigenvalue weighted by Gasteiger charge is 2.29. The Hall–Kier alpha value is -2.57. The second-order valence-electron chi connectivity index (χ2n) is 6.58. The third kappa shape index (κ3) is 4.71. The lowest BCUT2D eigenvalue weighted by Crippen LogP contribution is -2.44. The van der Waals surface area contributed by atoms with E-state index in [1.54, 1.807) is 6.92 Å². The van der Waals surface area contributed by atoms with Crippen LogP contribution < -0.4 is 10.6 Å². The molecule has 0 bridgehead atoms. The summed E-state index contributed by atoms with van der Waals surface area (Å²) in [5.74, 6) is -2.20. The quantitative estimate of drug-likeness (QED) is 0.411. The molecular formula is C17H24N2O5. The molecule has 0 saturated carbocycles. The van der Waals surface area contributed by atoms with Gasteiger partial charge in [0.2, 0.25) is 0 Å². The molecule has 0 spiro atoms. The Morgan fingerprint density at radius 3 is 2.38 bits per heavy atom. The van der Waals surface area contributed by atoms with Gasteiger partial charge >= 0.3 is 5.97 Å². The van der Waals surface area contributed by atoms with E-state index in [1.165, 1.54) is 20.1 Å². The third-order valence-electron chi connectivity index (χ3n) is 3.38. The van der Waals surface area contributed by atoms with Crippen LogP contribution in [-0.4, -0.2) is 35.5 Å². The number of carboxylic acids is 1. The predicted octanol–water partition coefficient (Wildman–Crippen LogP) is 1.63. The average Bonchev–Trinajstić information content (AvgIpc) is 2.56. The summed E-state index contributed by atoms with van der Waals surface area (Å²) in [5, 5.41) is 14.7. The maximum Gasteiger partial charge on any atom is 0.341 e. The fourth-order valence-corrected chi connectivity index (χ4v) is 2.15. The summed E-state index contributed by atoms with van der Waals surface area (Å²) in [4.78, 5) is 36.2. The monoisotopic (exact) mass is 336 g/mol. The molecule has 0 aromatic rings. The molecule has 0 aliphatic carbocycles. The number of amides is 2. The first-order valence-electron chi connectivity index (χ1n) is 7.50. The number of allylic oxidation sites excluding steroid dienone is 3. The Morgan fingerprint density at radius 1 is 1.33 bits per heavy atom. The second kappa shape index (κ2) is 7.33. The SMILES string of the molecule is CO/C(C)=C(\C(=O)O)C1=C(C)CC=C(C(=O)NC(C)(C)C)C(=O)N1.